The number of aryl methyl sites for hydroxylation is 2. The fourth-order valence-corrected chi connectivity index (χ4v) is 1.71. The fourth-order valence-electron chi connectivity index (χ4n) is 1.71. The zero-order chi connectivity index (χ0) is 11.3. The van der Waals surface area contributed by atoms with Gasteiger partial charge in [0.25, 0.3) is 0 Å². The van der Waals surface area contributed by atoms with Crippen molar-refractivity contribution >= 4 is 6.08 Å². The Kier molecular flexibility index (Phi) is 4.57. The lowest BCUT2D eigenvalue weighted by atomic mass is 10.0. The lowest BCUT2D eigenvalue weighted by molar-refractivity contribution is 0.851. The Bertz CT molecular complexity index is 350. The van der Waals surface area contributed by atoms with Crippen LogP contribution in [0.1, 0.15) is 30.0 Å². The molecule has 1 aromatic rings. The van der Waals surface area contributed by atoms with Crippen molar-refractivity contribution in [2.24, 2.45) is 0 Å². The first-order valence-electron chi connectivity index (χ1n) is 5.58. The van der Waals surface area contributed by atoms with Gasteiger partial charge in [0.05, 0.1) is 0 Å². The minimum Gasteiger partial charge on any atom is -0.316 e. The molecule has 0 spiro atoms. The summed E-state index contributed by atoms with van der Waals surface area (Å²) in [5.74, 6) is 0. The third kappa shape index (κ3) is 3.52. The summed E-state index contributed by atoms with van der Waals surface area (Å²) in [4.78, 5) is 0. The molecule has 0 fully saturated rings. The van der Waals surface area contributed by atoms with Crippen LogP contribution >= 0.6 is 0 Å². The molecule has 0 aromatic heterocycles. The van der Waals surface area contributed by atoms with Crippen LogP contribution in [-0.2, 0) is 0 Å². The molecule has 0 radical (unpaired) electrons. The molecule has 82 valence electrons. The second-order valence-electron chi connectivity index (χ2n) is 4.05. The van der Waals surface area contributed by atoms with Gasteiger partial charge in [-0.25, -0.2) is 0 Å². The summed E-state index contributed by atoms with van der Waals surface area (Å²) >= 11 is 0. The van der Waals surface area contributed by atoms with Gasteiger partial charge in [0.2, 0.25) is 0 Å². The molecule has 0 heterocycles. The summed E-state index contributed by atoms with van der Waals surface area (Å²) in [6.45, 7) is 7.48. The Morgan fingerprint density at radius 3 is 2.60 bits per heavy atom. The number of hydrogen-bond acceptors (Lipinski definition) is 1. The first kappa shape index (κ1) is 12.0. The number of rotatable bonds is 4. The van der Waals surface area contributed by atoms with E-state index in [1.807, 2.05) is 7.05 Å². The van der Waals surface area contributed by atoms with Gasteiger partial charge in [-0.3, -0.25) is 0 Å². The molecule has 0 saturated heterocycles. The smallest absolute Gasteiger partial charge is 0.0164 e. The van der Waals surface area contributed by atoms with Gasteiger partial charge in [-0.2, -0.15) is 0 Å². The number of hydrogen-bond donors (Lipinski definition) is 1. The van der Waals surface area contributed by atoms with E-state index in [-0.39, 0.29) is 0 Å². The van der Waals surface area contributed by atoms with Gasteiger partial charge in [-0.15, -0.1) is 0 Å². The molecule has 0 unspecified atom stereocenters. The van der Waals surface area contributed by atoms with Crippen molar-refractivity contribution in [1.29, 1.82) is 0 Å². The second-order valence-corrected chi connectivity index (χ2v) is 4.05. The summed E-state index contributed by atoms with van der Waals surface area (Å²) in [5, 5.41) is 3.20. The molecule has 1 aromatic carbocycles. The molecule has 0 saturated carbocycles. The summed E-state index contributed by atoms with van der Waals surface area (Å²) in [7, 11) is 1.99. The Hall–Kier alpha value is -1.08. The minimum absolute atomic E-state index is 0.976. The van der Waals surface area contributed by atoms with E-state index < -0.39 is 0 Å². The monoisotopic (exact) mass is 203 g/mol. The maximum Gasteiger partial charge on any atom is 0.0164 e. The highest BCUT2D eigenvalue weighted by Crippen LogP contribution is 2.15. The van der Waals surface area contributed by atoms with Crippen molar-refractivity contribution in [3.05, 3.63) is 40.5 Å². The van der Waals surface area contributed by atoms with Crippen molar-refractivity contribution in [2.45, 2.75) is 27.2 Å². The molecule has 0 amide bonds. The maximum atomic E-state index is 3.20. The van der Waals surface area contributed by atoms with Gasteiger partial charge in [0, 0.05) is 6.54 Å². The van der Waals surface area contributed by atoms with E-state index in [2.05, 4.69) is 50.4 Å². The highest BCUT2D eigenvalue weighted by Gasteiger charge is 1.97. The van der Waals surface area contributed by atoms with E-state index in [9.17, 15) is 0 Å². The molecule has 1 nitrogen and oxygen atoms in total. The number of benzene rings is 1. The van der Waals surface area contributed by atoms with Crippen molar-refractivity contribution < 1.29 is 0 Å². The lowest BCUT2D eigenvalue weighted by Crippen LogP contribution is -2.09. The van der Waals surface area contributed by atoms with Gasteiger partial charge in [0.1, 0.15) is 0 Å². The van der Waals surface area contributed by atoms with Crippen LogP contribution < -0.4 is 5.32 Å². The fraction of sp³-hybridized carbons (Fsp3) is 0.429. The Balaban J connectivity index is 2.95. The summed E-state index contributed by atoms with van der Waals surface area (Å²) in [6.07, 6.45) is 3.40. The normalized spacial score (nSPS) is 11.9. The van der Waals surface area contributed by atoms with Crippen LogP contribution in [-0.4, -0.2) is 13.6 Å². The van der Waals surface area contributed by atoms with Crippen LogP contribution in [0, 0.1) is 13.8 Å². The average molecular weight is 203 g/mol. The average Bonchev–Trinajstić information content (AvgIpc) is 2.21. The van der Waals surface area contributed by atoms with Gasteiger partial charge >= 0.3 is 0 Å². The molecular weight excluding hydrogens is 182 g/mol. The minimum atomic E-state index is 0.976. The molecule has 0 aliphatic heterocycles. The van der Waals surface area contributed by atoms with E-state index in [0.29, 0.717) is 0 Å². The summed E-state index contributed by atoms with van der Waals surface area (Å²) < 4.78 is 0. The van der Waals surface area contributed by atoms with Crippen molar-refractivity contribution in [3.63, 3.8) is 0 Å². The third-order valence-electron chi connectivity index (χ3n) is 2.64. The summed E-state index contributed by atoms with van der Waals surface area (Å²) in [5.41, 5.74) is 5.48. The van der Waals surface area contributed by atoms with Crippen LogP contribution in [0.25, 0.3) is 6.08 Å². The second kappa shape index (κ2) is 5.72. The van der Waals surface area contributed by atoms with Crippen LogP contribution in [0.3, 0.4) is 0 Å². The predicted molar refractivity (Wildman–Crippen MR) is 68.1 cm³/mol. The van der Waals surface area contributed by atoms with Gasteiger partial charge in [-0.1, -0.05) is 42.3 Å². The molecule has 0 bridgehead atoms. The zero-order valence-corrected chi connectivity index (χ0v) is 10.2. The summed E-state index contributed by atoms with van der Waals surface area (Å²) in [6, 6.07) is 6.61. The topological polar surface area (TPSA) is 12.0 Å². The van der Waals surface area contributed by atoms with Gasteiger partial charge in [-0.05, 0) is 38.4 Å². The number of likely N-dealkylation sites (N-methyl/N-ethyl adjacent to an activating group) is 1. The standard InChI is InChI=1S/C14H21N/c1-5-13(10-15-4)9-14-7-6-11(2)8-12(14)3/h6-9,15H,5,10H2,1-4H3. The highest BCUT2D eigenvalue weighted by atomic mass is 14.8. The zero-order valence-electron chi connectivity index (χ0n) is 10.2. The van der Waals surface area contributed by atoms with Gasteiger partial charge < -0.3 is 5.32 Å². The molecule has 15 heavy (non-hydrogen) atoms. The van der Waals surface area contributed by atoms with Crippen molar-refractivity contribution in [2.75, 3.05) is 13.6 Å². The predicted octanol–water partition coefficient (Wildman–Crippen LogP) is 3.32. The highest BCUT2D eigenvalue weighted by molar-refractivity contribution is 5.57. The lowest BCUT2D eigenvalue weighted by Gasteiger charge is -2.06. The quantitative estimate of drug-likeness (QED) is 0.791. The maximum absolute atomic E-state index is 3.20. The van der Waals surface area contributed by atoms with Crippen LogP contribution in [0.2, 0.25) is 0 Å². The molecular formula is C14H21N. The van der Waals surface area contributed by atoms with E-state index in [0.717, 1.165) is 13.0 Å². The van der Waals surface area contributed by atoms with E-state index >= 15 is 0 Å². The van der Waals surface area contributed by atoms with E-state index in [1.165, 1.54) is 22.3 Å². The van der Waals surface area contributed by atoms with Crippen LogP contribution in [0.4, 0.5) is 0 Å². The Labute approximate surface area is 93.2 Å². The first-order valence-corrected chi connectivity index (χ1v) is 5.58. The van der Waals surface area contributed by atoms with Crippen molar-refractivity contribution in [3.8, 4) is 0 Å². The van der Waals surface area contributed by atoms with E-state index in [4.69, 9.17) is 0 Å². The van der Waals surface area contributed by atoms with Crippen molar-refractivity contribution in [1.82, 2.24) is 5.32 Å². The Morgan fingerprint density at radius 1 is 1.33 bits per heavy atom. The van der Waals surface area contributed by atoms with Gasteiger partial charge in [0.15, 0.2) is 0 Å². The third-order valence-corrected chi connectivity index (χ3v) is 2.64. The molecule has 0 aliphatic carbocycles. The van der Waals surface area contributed by atoms with Crippen LogP contribution in [0.15, 0.2) is 23.8 Å². The Morgan fingerprint density at radius 2 is 2.07 bits per heavy atom. The molecule has 1 N–H and O–H groups in total. The largest absolute Gasteiger partial charge is 0.316 e. The SMILES string of the molecule is CCC(=Cc1ccc(C)cc1C)CNC. The molecule has 1 heteroatoms. The van der Waals surface area contributed by atoms with Crippen LogP contribution in [0.5, 0.6) is 0 Å². The molecule has 0 aliphatic rings. The first-order chi connectivity index (χ1) is 7.17. The number of nitrogens with one attached hydrogen (secondary N) is 1. The van der Waals surface area contributed by atoms with E-state index in [1.54, 1.807) is 0 Å². The molecule has 1 rings (SSSR count). The molecule has 0 atom stereocenters.